The first-order valence-electron chi connectivity index (χ1n) is 7.45. The van der Waals surface area contributed by atoms with Crippen LogP contribution in [0.2, 0.25) is 15.2 Å². The fourth-order valence-electron chi connectivity index (χ4n) is 2.68. The zero-order valence-electron chi connectivity index (χ0n) is 12.7. The summed E-state index contributed by atoms with van der Waals surface area (Å²) in [4.78, 5) is 10.9. The van der Waals surface area contributed by atoms with Gasteiger partial charge >= 0.3 is 0 Å². The molecule has 1 aliphatic rings. The van der Waals surface area contributed by atoms with Gasteiger partial charge in [0.2, 0.25) is 5.95 Å². The van der Waals surface area contributed by atoms with E-state index in [9.17, 15) is 0 Å². The van der Waals surface area contributed by atoms with Gasteiger partial charge in [-0.05, 0) is 37.1 Å². The Bertz CT molecular complexity index is 687. The van der Waals surface area contributed by atoms with Gasteiger partial charge in [-0.15, -0.1) is 0 Å². The quantitative estimate of drug-likeness (QED) is 0.821. The molecule has 0 aliphatic carbocycles. The first-order chi connectivity index (χ1) is 11.0. The van der Waals surface area contributed by atoms with Crippen LogP contribution in [0.25, 0.3) is 0 Å². The van der Waals surface area contributed by atoms with Crippen LogP contribution in [-0.2, 0) is 6.54 Å². The SMILES string of the molecule is Cc1cc(Cl)nc(N2CC[C@H](NCc3ccc(Cl)cc3Cl)C2)n1. The van der Waals surface area contributed by atoms with Crippen molar-refractivity contribution in [1.82, 2.24) is 15.3 Å². The number of anilines is 1. The highest BCUT2D eigenvalue weighted by molar-refractivity contribution is 6.35. The molecule has 2 aromatic rings. The number of halogens is 3. The van der Waals surface area contributed by atoms with Crippen molar-refractivity contribution in [2.24, 2.45) is 0 Å². The maximum absolute atomic E-state index is 6.20. The Hall–Kier alpha value is -1.07. The van der Waals surface area contributed by atoms with E-state index in [0.29, 0.717) is 33.7 Å². The van der Waals surface area contributed by atoms with E-state index >= 15 is 0 Å². The summed E-state index contributed by atoms with van der Waals surface area (Å²) in [6.07, 6.45) is 1.03. The van der Waals surface area contributed by atoms with Crippen LogP contribution < -0.4 is 10.2 Å². The summed E-state index contributed by atoms with van der Waals surface area (Å²) in [7, 11) is 0. The average Bonchev–Trinajstić information content (AvgIpc) is 2.94. The van der Waals surface area contributed by atoms with Gasteiger partial charge in [0.25, 0.3) is 0 Å². The largest absolute Gasteiger partial charge is 0.339 e. The highest BCUT2D eigenvalue weighted by atomic mass is 35.5. The van der Waals surface area contributed by atoms with Gasteiger partial charge in [-0.2, -0.15) is 0 Å². The van der Waals surface area contributed by atoms with Crippen molar-refractivity contribution in [2.75, 3.05) is 18.0 Å². The molecule has 4 nitrogen and oxygen atoms in total. The number of rotatable bonds is 4. The smallest absolute Gasteiger partial charge is 0.227 e. The van der Waals surface area contributed by atoms with Gasteiger partial charge in [0.1, 0.15) is 5.15 Å². The lowest BCUT2D eigenvalue weighted by Crippen LogP contribution is -2.32. The lowest BCUT2D eigenvalue weighted by atomic mass is 10.2. The summed E-state index contributed by atoms with van der Waals surface area (Å²) in [5, 5.41) is 5.35. The van der Waals surface area contributed by atoms with E-state index in [2.05, 4.69) is 20.2 Å². The van der Waals surface area contributed by atoms with Crippen LogP contribution in [-0.4, -0.2) is 29.1 Å². The minimum Gasteiger partial charge on any atom is -0.339 e. The van der Waals surface area contributed by atoms with Crippen molar-refractivity contribution in [3.05, 3.63) is 50.7 Å². The lowest BCUT2D eigenvalue weighted by molar-refractivity contribution is 0.551. The molecule has 1 N–H and O–H groups in total. The number of hydrogen-bond donors (Lipinski definition) is 1. The molecule has 0 unspecified atom stereocenters. The molecule has 1 aromatic carbocycles. The monoisotopic (exact) mass is 370 g/mol. The second-order valence-corrected chi connectivity index (χ2v) is 6.91. The van der Waals surface area contributed by atoms with Gasteiger partial charge in [0.15, 0.2) is 0 Å². The normalized spacial score (nSPS) is 17.7. The number of aryl methyl sites for hydroxylation is 1. The zero-order chi connectivity index (χ0) is 16.4. The van der Waals surface area contributed by atoms with Crippen molar-refractivity contribution < 1.29 is 0 Å². The Morgan fingerprint density at radius 2 is 2.04 bits per heavy atom. The molecule has 0 amide bonds. The summed E-state index contributed by atoms with van der Waals surface area (Å²) in [5.41, 5.74) is 1.92. The molecule has 1 atom stereocenters. The summed E-state index contributed by atoms with van der Waals surface area (Å²) >= 11 is 18.1. The predicted octanol–water partition coefficient (Wildman–Crippen LogP) is 4.11. The van der Waals surface area contributed by atoms with Gasteiger partial charge in [0.05, 0.1) is 0 Å². The first kappa shape index (κ1) is 16.8. The topological polar surface area (TPSA) is 41.1 Å². The summed E-state index contributed by atoms with van der Waals surface area (Å²) in [5.74, 6) is 0.698. The second-order valence-electron chi connectivity index (χ2n) is 5.68. The third-order valence-corrected chi connectivity index (χ3v) is 4.66. The molecule has 7 heteroatoms. The fraction of sp³-hybridized carbons (Fsp3) is 0.375. The number of nitrogens with one attached hydrogen (secondary N) is 1. The Labute approximate surface area is 150 Å². The summed E-state index contributed by atoms with van der Waals surface area (Å²) in [6, 6.07) is 7.70. The Morgan fingerprint density at radius 3 is 2.78 bits per heavy atom. The molecule has 3 rings (SSSR count). The van der Waals surface area contributed by atoms with Crippen LogP contribution in [0.4, 0.5) is 5.95 Å². The van der Waals surface area contributed by atoms with Crippen LogP contribution in [0.15, 0.2) is 24.3 Å². The van der Waals surface area contributed by atoms with Crippen molar-refractivity contribution in [3.8, 4) is 0 Å². The third-order valence-electron chi connectivity index (χ3n) is 3.88. The maximum atomic E-state index is 6.20. The van der Waals surface area contributed by atoms with E-state index in [1.807, 2.05) is 19.1 Å². The minimum absolute atomic E-state index is 0.365. The fourth-order valence-corrected chi connectivity index (χ4v) is 3.39. The van der Waals surface area contributed by atoms with Gasteiger partial charge in [-0.25, -0.2) is 9.97 Å². The summed E-state index contributed by atoms with van der Waals surface area (Å²) in [6.45, 7) is 4.39. The molecule has 0 radical (unpaired) electrons. The van der Waals surface area contributed by atoms with Gasteiger partial charge < -0.3 is 10.2 Å². The molecule has 1 fully saturated rings. The van der Waals surface area contributed by atoms with Crippen LogP contribution in [0.5, 0.6) is 0 Å². The molecular weight excluding hydrogens is 355 g/mol. The third kappa shape index (κ3) is 4.27. The molecule has 1 aromatic heterocycles. The van der Waals surface area contributed by atoms with Gasteiger partial charge in [-0.3, -0.25) is 0 Å². The lowest BCUT2D eigenvalue weighted by Gasteiger charge is -2.17. The molecule has 0 spiro atoms. The van der Waals surface area contributed by atoms with Gasteiger partial charge in [-0.1, -0.05) is 40.9 Å². The average molecular weight is 372 g/mol. The molecule has 1 saturated heterocycles. The first-order valence-corrected chi connectivity index (χ1v) is 8.58. The van der Waals surface area contributed by atoms with E-state index < -0.39 is 0 Å². The molecule has 23 heavy (non-hydrogen) atoms. The van der Waals surface area contributed by atoms with Crippen molar-refractivity contribution in [3.63, 3.8) is 0 Å². The van der Waals surface area contributed by atoms with E-state index in [1.165, 1.54) is 0 Å². The van der Waals surface area contributed by atoms with Crippen molar-refractivity contribution in [1.29, 1.82) is 0 Å². The van der Waals surface area contributed by atoms with Crippen LogP contribution in [0, 0.1) is 6.92 Å². The standard InChI is InChI=1S/C16H17Cl3N4/c1-10-6-15(19)22-16(21-10)23-5-4-13(9-23)20-8-11-2-3-12(17)7-14(11)18/h2-3,6-7,13,20H,4-5,8-9H2,1H3/t13-/m0/s1. The molecule has 0 bridgehead atoms. The second kappa shape index (κ2) is 7.22. The van der Waals surface area contributed by atoms with E-state index in [1.54, 1.807) is 12.1 Å². The Morgan fingerprint density at radius 1 is 1.22 bits per heavy atom. The molecule has 122 valence electrons. The Balaban J connectivity index is 1.59. The number of nitrogens with zero attached hydrogens (tertiary/aromatic N) is 3. The zero-order valence-corrected chi connectivity index (χ0v) is 15.0. The van der Waals surface area contributed by atoms with E-state index in [4.69, 9.17) is 34.8 Å². The highest BCUT2D eigenvalue weighted by Gasteiger charge is 2.24. The molecule has 0 saturated carbocycles. The van der Waals surface area contributed by atoms with E-state index in [-0.39, 0.29) is 0 Å². The predicted molar refractivity (Wildman–Crippen MR) is 95.7 cm³/mol. The number of aromatic nitrogens is 2. The van der Waals surface area contributed by atoms with Crippen LogP contribution in [0.1, 0.15) is 17.7 Å². The van der Waals surface area contributed by atoms with Crippen molar-refractivity contribution >= 4 is 40.8 Å². The summed E-state index contributed by atoms with van der Waals surface area (Å²) < 4.78 is 0. The molecule has 1 aliphatic heterocycles. The molecular formula is C16H17Cl3N4. The maximum Gasteiger partial charge on any atom is 0.227 e. The Kier molecular flexibility index (Phi) is 5.27. The van der Waals surface area contributed by atoms with Crippen molar-refractivity contribution in [2.45, 2.75) is 25.9 Å². The number of benzene rings is 1. The van der Waals surface area contributed by atoms with Gasteiger partial charge in [0, 0.05) is 41.4 Å². The molecule has 2 heterocycles. The van der Waals surface area contributed by atoms with Crippen LogP contribution in [0.3, 0.4) is 0 Å². The minimum atomic E-state index is 0.365. The number of hydrogen-bond acceptors (Lipinski definition) is 4. The highest BCUT2D eigenvalue weighted by Crippen LogP contribution is 2.22. The van der Waals surface area contributed by atoms with E-state index in [0.717, 1.165) is 30.8 Å². The van der Waals surface area contributed by atoms with Crippen LogP contribution >= 0.6 is 34.8 Å².